The van der Waals surface area contributed by atoms with Crippen LogP contribution in [0, 0.1) is 5.82 Å². The Hall–Kier alpha value is -1.41. The van der Waals surface area contributed by atoms with Gasteiger partial charge in [0.25, 0.3) is 5.22 Å². The van der Waals surface area contributed by atoms with Crippen LogP contribution in [0.3, 0.4) is 0 Å². The molecule has 1 N–H and O–H groups in total. The van der Waals surface area contributed by atoms with Crippen molar-refractivity contribution in [3.63, 3.8) is 0 Å². The molecule has 0 saturated heterocycles. The van der Waals surface area contributed by atoms with E-state index in [-0.39, 0.29) is 16.9 Å². The van der Waals surface area contributed by atoms with Crippen LogP contribution in [-0.2, 0) is 4.79 Å². The van der Waals surface area contributed by atoms with Crippen molar-refractivity contribution in [3.05, 3.63) is 28.5 Å². The summed E-state index contributed by atoms with van der Waals surface area (Å²) in [6.45, 7) is 0. The molecule has 0 fully saturated rings. The molecule has 8 heteroatoms. The van der Waals surface area contributed by atoms with E-state index >= 15 is 0 Å². The largest absolute Gasteiger partial charge is 0.481 e. The number of carbonyl (C=O) groups is 1. The van der Waals surface area contributed by atoms with E-state index in [1.165, 1.54) is 12.1 Å². The van der Waals surface area contributed by atoms with Crippen molar-refractivity contribution in [1.82, 2.24) is 10.2 Å². The van der Waals surface area contributed by atoms with Crippen molar-refractivity contribution in [1.29, 1.82) is 0 Å². The van der Waals surface area contributed by atoms with Gasteiger partial charge in [-0.2, -0.15) is 0 Å². The van der Waals surface area contributed by atoms with Crippen molar-refractivity contribution in [2.75, 3.05) is 5.75 Å². The molecule has 0 aliphatic rings. The van der Waals surface area contributed by atoms with Gasteiger partial charge in [0.05, 0.1) is 4.47 Å². The highest BCUT2D eigenvalue weighted by Crippen LogP contribution is 2.26. The first-order valence-electron chi connectivity index (χ1n) is 4.70. The van der Waals surface area contributed by atoms with Crippen LogP contribution in [0.15, 0.2) is 32.3 Å². The van der Waals surface area contributed by atoms with Gasteiger partial charge < -0.3 is 9.52 Å². The van der Waals surface area contributed by atoms with Crippen LogP contribution >= 0.6 is 27.7 Å². The van der Waals surface area contributed by atoms with Gasteiger partial charge in [0, 0.05) is 5.56 Å². The minimum absolute atomic E-state index is 0.135. The van der Waals surface area contributed by atoms with E-state index in [0.29, 0.717) is 10.0 Å². The lowest BCUT2D eigenvalue weighted by Crippen LogP contribution is -1.97. The molecule has 1 heterocycles. The molecule has 94 valence electrons. The molecule has 0 saturated carbocycles. The average Bonchev–Trinajstić information content (AvgIpc) is 2.79. The Morgan fingerprint density at radius 1 is 1.50 bits per heavy atom. The van der Waals surface area contributed by atoms with Gasteiger partial charge in [-0.1, -0.05) is 11.8 Å². The Balaban J connectivity index is 2.18. The number of thioether (sulfide) groups is 1. The number of rotatable bonds is 4. The van der Waals surface area contributed by atoms with Gasteiger partial charge in [-0.25, -0.2) is 4.39 Å². The predicted molar refractivity (Wildman–Crippen MR) is 65.8 cm³/mol. The second-order valence-electron chi connectivity index (χ2n) is 3.18. The van der Waals surface area contributed by atoms with E-state index in [4.69, 9.17) is 9.52 Å². The van der Waals surface area contributed by atoms with Crippen molar-refractivity contribution in [2.45, 2.75) is 5.22 Å². The number of nitrogens with zero attached hydrogens (tertiary/aromatic N) is 2. The van der Waals surface area contributed by atoms with Crippen LogP contribution in [0.5, 0.6) is 0 Å². The summed E-state index contributed by atoms with van der Waals surface area (Å²) in [5, 5.41) is 16.0. The molecule has 1 aromatic heterocycles. The van der Waals surface area contributed by atoms with E-state index in [1.54, 1.807) is 6.07 Å². The Bertz CT molecular complexity index is 590. The minimum Gasteiger partial charge on any atom is -0.481 e. The summed E-state index contributed by atoms with van der Waals surface area (Å²) in [7, 11) is 0. The summed E-state index contributed by atoms with van der Waals surface area (Å²) in [5.74, 6) is -1.44. The maximum Gasteiger partial charge on any atom is 0.314 e. The summed E-state index contributed by atoms with van der Waals surface area (Å²) in [6.07, 6.45) is 0. The smallest absolute Gasteiger partial charge is 0.314 e. The van der Waals surface area contributed by atoms with Crippen LogP contribution in [0.1, 0.15) is 0 Å². The Morgan fingerprint density at radius 3 is 2.94 bits per heavy atom. The number of carboxylic acid groups (broad SMARTS) is 1. The maximum atomic E-state index is 13.3. The lowest BCUT2D eigenvalue weighted by Gasteiger charge is -1.96. The summed E-state index contributed by atoms with van der Waals surface area (Å²) < 4.78 is 18.9. The SMILES string of the molecule is O=C(O)CSc1nnc(-c2ccc(Br)c(F)c2)o1. The lowest BCUT2D eigenvalue weighted by atomic mass is 10.2. The van der Waals surface area contributed by atoms with Gasteiger partial charge in [-0.05, 0) is 34.1 Å². The molecule has 0 atom stereocenters. The average molecular weight is 333 g/mol. The highest BCUT2D eigenvalue weighted by atomic mass is 79.9. The number of benzene rings is 1. The number of hydrogen-bond acceptors (Lipinski definition) is 5. The molecule has 0 bridgehead atoms. The molecule has 0 spiro atoms. The van der Waals surface area contributed by atoms with E-state index in [0.717, 1.165) is 11.8 Å². The summed E-state index contributed by atoms with van der Waals surface area (Å²) in [6, 6.07) is 4.40. The number of halogens is 2. The van der Waals surface area contributed by atoms with Gasteiger partial charge in [0.1, 0.15) is 11.6 Å². The fourth-order valence-corrected chi connectivity index (χ4v) is 1.87. The predicted octanol–water partition coefficient (Wildman–Crippen LogP) is 2.81. The first kappa shape index (κ1) is 13.0. The van der Waals surface area contributed by atoms with Crippen molar-refractivity contribution in [2.24, 2.45) is 0 Å². The summed E-state index contributed by atoms with van der Waals surface area (Å²) in [4.78, 5) is 10.4. The molecule has 0 unspecified atom stereocenters. The van der Waals surface area contributed by atoms with Gasteiger partial charge in [0.15, 0.2) is 0 Å². The molecule has 0 aliphatic carbocycles. The van der Waals surface area contributed by atoms with Crippen molar-refractivity contribution >= 4 is 33.7 Å². The molecule has 2 rings (SSSR count). The molecular formula is C10H6BrFN2O3S. The topological polar surface area (TPSA) is 76.2 Å². The number of aromatic nitrogens is 2. The lowest BCUT2D eigenvalue weighted by molar-refractivity contribution is -0.133. The van der Waals surface area contributed by atoms with Crippen molar-refractivity contribution in [3.8, 4) is 11.5 Å². The van der Waals surface area contributed by atoms with Gasteiger partial charge in [-0.3, -0.25) is 4.79 Å². The Kier molecular flexibility index (Phi) is 3.97. The van der Waals surface area contributed by atoms with E-state index in [2.05, 4.69) is 26.1 Å². The molecule has 1 aromatic carbocycles. The van der Waals surface area contributed by atoms with Gasteiger partial charge in [0.2, 0.25) is 5.89 Å². The minimum atomic E-state index is -0.977. The third-order valence-corrected chi connectivity index (χ3v) is 3.34. The maximum absolute atomic E-state index is 13.3. The molecule has 0 radical (unpaired) electrons. The summed E-state index contributed by atoms with van der Waals surface area (Å²) in [5.41, 5.74) is 0.436. The van der Waals surface area contributed by atoms with Gasteiger partial charge >= 0.3 is 5.97 Å². The number of carboxylic acids is 1. The zero-order valence-corrected chi connectivity index (χ0v) is 11.2. The summed E-state index contributed by atoms with van der Waals surface area (Å²) >= 11 is 3.95. The molecule has 0 aliphatic heterocycles. The highest BCUT2D eigenvalue weighted by Gasteiger charge is 2.12. The van der Waals surface area contributed by atoms with Crippen molar-refractivity contribution < 1.29 is 18.7 Å². The van der Waals surface area contributed by atoms with E-state index < -0.39 is 11.8 Å². The number of hydrogen-bond donors (Lipinski definition) is 1. The molecule has 18 heavy (non-hydrogen) atoms. The highest BCUT2D eigenvalue weighted by molar-refractivity contribution is 9.10. The normalized spacial score (nSPS) is 10.6. The molecule has 5 nitrogen and oxygen atoms in total. The second kappa shape index (κ2) is 5.49. The quantitative estimate of drug-likeness (QED) is 0.867. The zero-order valence-electron chi connectivity index (χ0n) is 8.76. The second-order valence-corrected chi connectivity index (χ2v) is 4.97. The molecule has 2 aromatic rings. The monoisotopic (exact) mass is 332 g/mol. The van der Waals surface area contributed by atoms with E-state index in [1.807, 2.05) is 0 Å². The Morgan fingerprint density at radius 2 is 2.28 bits per heavy atom. The van der Waals surface area contributed by atoms with Crippen LogP contribution in [-0.4, -0.2) is 27.0 Å². The van der Waals surface area contributed by atoms with Crippen LogP contribution in [0.4, 0.5) is 4.39 Å². The van der Waals surface area contributed by atoms with Gasteiger partial charge in [-0.15, -0.1) is 10.2 Å². The third kappa shape index (κ3) is 3.08. The number of aliphatic carboxylic acids is 1. The molecular weight excluding hydrogens is 327 g/mol. The van der Waals surface area contributed by atoms with Crippen LogP contribution < -0.4 is 0 Å². The van der Waals surface area contributed by atoms with E-state index in [9.17, 15) is 9.18 Å². The van der Waals surface area contributed by atoms with Crippen LogP contribution in [0.25, 0.3) is 11.5 Å². The first-order valence-corrected chi connectivity index (χ1v) is 6.47. The zero-order chi connectivity index (χ0) is 13.1. The fourth-order valence-electron chi connectivity index (χ4n) is 1.14. The molecule has 0 amide bonds. The van der Waals surface area contributed by atoms with Crippen LogP contribution in [0.2, 0.25) is 0 Å². The fraction of sp³-hybridized carbons (Fsp3) is 0.100. The third-order valence-electron chi connectivity index (χ3n) is 1.89. The first-order chi connectivity index (χ1) is 8.56. The standard InChI is InChI=1S/C10H6BrFN2O3S/c11-6-2-1-5(3-7(6)12)9-13-14-10(17-9)18-4-8(15)16/h1-3H,4H2,(H,15,16). The Labute approximate surface area is 114 Å².